The summed E-state index contributed by atoms with van der Waals surface area (Å²) in [5.41, 5.74) is 5.46. The van der Waals surface area contributed by atoms with Crippen LogP contribution in [-0.2, 0) is 11.2 Å². The number of carboxylic acid groups (broad SMARTS) is 1. The van der Waals surface area contributed by atoms with E-state index in [0.717, 1.165) is 15.0 Å². The second-order valence-electron chi connectivity index (χ2n) is 3.28. The van der Waals surface area contributed by atoms with E-state index in [9.17, 15) is 4.79 Å². The first-order valence-corrected chi connectivity index (χ1v) is 5.29. The van der Waals surface area contributed by atoms with Crippen molar-refractivity contribution in [2.75, 3.05) is 0 Å². The summed E-state index contributed by atoms with van der Waals surface area (Å²) in [5, 5.41) is 9.77. The molecule has 0 spiro atoms. The number of aromatic nitrogens is 1. The summed E-state index contributed by atoms with van der Waals surface area (Å²) in [5.74, 6) is -0.967. The van der Waals surface area contributed by atoms with Crippen LogP contribution in [0.3, 0.4) is 0 Å². The fourth-order valence-corrected chi connectivity index (χ4v) is 2.43. The molecule has 5 heteroatoms. The number of hydrogen-bond acceptors (Lipinski definition) is 4. The molecule has 0 amide bonds. The van der Waals surface area contributed by atoms with Crippen LogP contribution in [0.1, 0.15) is 4.88 Å². The van der Waals surface area contributed by atoms with Gasteiger partial charge in [0.05, 0.1) is 4.70 Å². The van der Waals surface area contributed by atoms with Gasteiger partial charge >= 0.3 is 5.97 Å². The molecule has 2 heterocycles. The Balaban J connectivity index is 2.26. The summed E-state index contributed by atoms with van der Waals surface area (Å²) >= 11 is 1.54. The average molecular weight is 222 g/mol. The summed E-state index contributed by atoms with van der Waals surface area (Å²) in [6.45, 7) is 0. The molecule has 0 aromatic carbocycles. The zero-order valence-electron chi connectivity index (χ0n) is 7.88. The van der Waals surface area contributed by atoms with Crippen molar-refractivity contribution in [3.63, 3.8) is 0 Å². The van der Waals surface area contributed by atoms with Crippen LogP contribution >= 0.6 is 11.3 Å². The molecular weight excluding hydrogens is 212 g/mol. The van der Waals surface area contributed by atoms with Gasteiger partial charge in [-0.1, -0.05) is 0 Å². The summed E-state index contributed by atoms with van der Waals surface area (Å²) in [7, 11) is 0. The monoisotopic (exact) mass is 222 g/mol. The number of thiophene rings is 1. The van der Waals surface area contributed by atoms with Crippen molar-refractivity contribution < 1.29 is 9.90 Å². The highest BCUT2D eigenvalue weighted by molar-refractivity contribution is 7.19. The van der Waals surface area contributed by atoms with Crippen LogP contribution < -0.4 is 5.73 Å². The van der Waals surface area contributed by atoms with Crippen LogP contribution in [0.5, 0.6) is 0 Å². The van der Waals surface area contributed by atoms with Gasteiger partial charge in [-0.3, -0.25) is 9.78 Å². The lowest BCUT2D eigenvalue weighted by Crippen LogP contribution is -2.31. The van der Waals surface area contributed by atoms with Crippen molar-refractivity contribution in [3.05, 3.63) is 29.4 Å². The van der Waals surface area contributed by atoms with Gasteiger partial charge in [-0.25, -0.2) is 0 Å². The van der Waals surface area contributed by atoms with Gasteiger partial charge in [0.2, 0.25) is 0 Å². The van der Waals surface area contributed by atoms with E-state index in [1.165, 1.54) is 11.3 Å². The molecule has 1 atom stereocenters. The Morgan fingerprint density at radius 1 is 1.67 bits per heavy atom. The maximum Gasteiger partial charge on any atom is 0.320 e. The SMILES string of the molecule is NC(Cc1cc2ccncc2s1)C(=O)O. The maximum absolute atomic E-state index is 10.6. The van der Waals surface area contributed by atoms with Gasteiger partial charge in [0.25, 0.3) is 0 Å². The van der Waals surface area contributed by atoms with Crippen LogP contribution in [0.2, 0.25) is 0 Å². The van der Waals surface area contributed by atoms with E-state index in [1.54, 1.807) is 12.4 Å². The smallest absolute Gasteiger partial charge is 0.320 e. The fourth-order valence-electron chi connectivity index (χ4n) is 1.34. The van der Waals surface area contributed by atoms with Crippen LogP contribution in [0, 0.1) is 0 Å². The van der Waals surface area contributed by atoms with Crippen molar-refractivity contribution >= 4 is 27.4 Å². The van der Waals surface area contributed by atoms with Gasteiger partial charge in [0.1, 0.15) is 6.04 Å². The zero-order valence-corrected chi connectivity index (χ0v) is 8.70. The molecule has 0 aliphatic carbocycles. The molecule has 0 aliphatic heterocycles. The lowest BCUT2D eigenvalue weighted by Gasteiger charge is -2.02. The van der Waals surface area contributed by atoms with Gasteiger partial charge in [-0.2, -0.15) is 0 Å². The first-order valence-electron chi connectivity index (χ1n) is 4.47. The van der Waals surface area contributed by atoms with E-state index >= 15 is 0 Å². The Morgan fingerprint density at radius 2 is 2.47 bits per heavy atom. The molecule has 0 bridgehead atoms. The summed E-state index contributed by atoms with van der Waals surface area (Å²) in [6, 6.07) is 3.04. The number of rotatable bonds is 3. The first kappa shape index (κ1) is 10.1. The van der Waals surface area contributed by atoms with Crippen LogP contribution in [0.4, 0.5) is 0 Å². The molecule has 78 valence electrons. The third kappa shape index (κ3) is 2.14. The van der Waals surface area contributed by atoms with E-state index in [4.69, 9.17) is 10.8 Å². The van der Waals surface area contributed by atoms with Crippen LogP contribution in [0.25, 0.3) is 10.1 Å². The number of nitrogens with zero attached hydrogens (tertiary/aromatic N) is 1. The molecule has 0 aliphatic rings. The minimum atomic E-state index is -0.967. The summed E-state index contributed by atoms with van der Waals surface area (Å²) in [6.07, 6.45) is 3.86. The number of carboxylic acids is 1. The van der Waals surface area contributed by atoms with Crippen molar-refractivity contribution in [2.24, 2.45) is 5.73 Å². The number of pyridine rings is 1. The number of fused-ring (bicyclic) bond motifs is 1. The van der Waals surface area contributed by atoms with Gasteiger partial charge in [-0.05, 0) is 17.5 Å². The van der Waals surface area contributed by atoms with Crippen molar-refractivity contribution in [1.82, 2.24) is 4.98 Å². The quantitative estimate of drug-likeness (QED) is 0.819. The molecule has 2 aromatic rings. The Morgan fingerprint density at radius 3 is 3.13 bits per heavy atom. The van der Waals surface area contributed by atoms with Crippen LogP contribution in [0.15, 0.2) is 24.5 Å². The Labute approximate surface area is 90.4 Å². The lowest BCUT2D eigenvalue weighted by atomic mass is 10.2. The molecule has 0 radical (unpaired) electrons. The minimum absolute atomic E-state index is 0.370. The number of carbonyl (C=O) groups is 1. The second kappa shape index (κ2) is 3.96. The van der Waals surface area contributed by atoms with Gasteiger partial charge in [0.15, 0.2) is 0 Å². The second-order valence-corrected chi connectivity index (χ2v) is 4.44. The standard InChI is InChI=1S/C10H10N2O2S/c11-8(10(13)14)4-7-3-6-1-2-12-5-9(6)15-7/h1-3,5,8H,4,11H2,(H,13,14). The fraction of sp³-hybridized carbons (Fsp3) is 0.200. The molecule has 2 rings (SSSR count). The summed E-state index contributed by atoms with van der Waals surface area (Å²) < 4.78 is 1.06. The van der Waals surface area contributed by atoms with Gasteiger partial charge in [-0.15, -0.1) is 11.3 Å². The molecule has 2 aromatic heterocycles. The summed E-state index contributed by atoms with van der Waals surface area (Å²) in [4.78, 5) is 15.6. The third-order valence-electron chi connectivity index (χ3n) is 2.11. The Hall–Kier alpha value is -1.46. The first-order chi connectivity index (χ1) is 7.16. The molecule has 0 saturated carbocycles. The van der Waals surface area contributed by atoms with Crippen molar-refractivity contribution in [1.29, 1.82) is 0 Å². The van der Waals surface area contributed by atoms with Crippen molar-refractivity contribution in [3.8, 4) is 0 Å². The molecular formula is C10H10N2O2S. The molecule has 15 heavy (non-hydrogen) atoms. The average Bonchev–Trinajstić information content (AvgIpc) is 2.59. The van der Waals surface area contributed by atoms with Crippen LogP contribution in [-0.4, -0.2) is 22.1 Å². The Bertz CT molecular complexity index is 462. The highest BCUT2D eigenvalue weighted by atomic mass is 32.1. The van der Waals surface area contributed by atoms with E-state index < -0.39 is 12.0 Å². The van der Waals surface area contributed by atoms with E-state index in [1.807, 2.05) is 12.1 Å². The number of aliphatic carboxylic acids is 1. The maximum atomic E-state index is 10.6. The molecule has 4 nitrogen and oxygen atoms in total. The van der Waals surface area contributed by atoms with E-state index in [2.05, 4.69) is 4.98 Å². The third-order valence-corrected chi connectivity index (χ3v) is 3.22. The topological polar surface area (TPSA) is 76.2 Å². The molecule has 3 N–H and O–H groups in total. The minimum Gasteiger partial charge on any atom is -0.480 e. The highest BCUT2D eigenvalue weighted by Gasteiger charge is 2.13. The van der Waals surface area contributed by atoms with Gasteiger partial charge < -0.3 is 10.8 Å². The highest BCUT2D eigenvalue weighted by Crippen LogP contribution is 2.25. The van der Waals surface area contributed by atoms with E-state index in [-0.39, 0.29) is 0 Å². The molecule has 1 unspecified atom stereocenters. The number of hydrogen-bond donors (Lipinski definition) is 2. The Kier molecular flexibility index (Phi) is 2.66. The molecule has 0 saturated heterocycles. The van der Waals surface area contributed by atoms with Gasteiger partial charge in [0, 0.05) is 23.7 Å². The normalized spacial score (nSPS) is 12.9. The largest absolute Gasteiger partial charge is 0.480 e. The number of nitrogens with two attached hydrogens (primary N) is 1. The lowest BCUT2D eigenvalue weighted by molar-refractivity contribution is -0.138. The van der Waals surface area contributed by atoms with Crippen molar-refractivity contribution in [2.45, 2.75) is 12.5 Å². The van der Waals surface area contributed by atoms with E-state index in [0.29, 0.717) is 6.42 Å². The zero-order chi connectivity index (χ0) is 10.8. The molecule has 0 fully saturated rings. The predicted molar refractivity (Wildman–Crippen MR) is 58.9 cm³/mol. The predicted octanol–water partition coefficient (Wildman–Crippen LogP) is 1.25.